The highest BCUT2D eigenvalue weighted by atomic mass is 35.5. The lowest BCUT2D eigenvalue weighted by Crippen LogP contribution is -2.03. The third kappa shape index (κ3) is 2.58. The van der Waals surface area contributed by atoms with Crippen molar-refractivity contribution in [2.75, 3.05) is 6.54 Å². The zero-order valence-electron chi connectivity index (χ0n) is 11.5. The van der Waals surface area contributed by atoms with Gasteiger partial charge in [-0.05, 0) is 48.7 Å². The first kappa shape index (κ1) is 14.6. The van der Waals surface area contributed by atoms with E-state index in [4.69, 9.17) is 5.73 Å². The number of fused-ring (bicyclic) bond motifs is 1. The first-order chi connectivity index (χ1) is 9.29. The fourth-order valence-electron chi connectivity index (χ4n) is 2.66. The molecule has 3 N–H and O–H groups in total. The molecule has 0 spiro atoms. The number of hydrogen-bond donors (Lipinski definition) is 2. The first-order valence-corrected chi connectivity index (χ1v) is 6.66. The van der Waals surface area contributed by atoms with Crippen LogP contribution in [-0.4, -0.2) is 11.5 Å². The van der Waals surface area contributed by atoms with Crippen molar-refractivity contribution in [1.29, 1.82) is 0 Å². The summed E-state index contributed by atoms with van der Waals surface area (Å²) in [6.07, 6.45) is 0.921. The van der Waals surface area contributed by atoms with Crippen LogP contribution in [0.4, 0.5) is 0 Å². The van der Waals surface area contributed by atoms with Gasteiger partial charge in [0, 0.05) is 16.6 Å². The highest BCUT2D eigenvalue weighted by Gasteiger charge is 2.08. The molecule has 0 atom stereocenters. The van der Waals surface area contributed by atoms with Crippen LogP contribution in [0.25, 0.3) is 22.0 Å². The van der Waals surface area contributed by atoms with Gasteiger partial charge < -0.3 is 10.7 Å². The maximum atomic E-state index is 5.71. The van der Waals surface area contributed by atoms with E-state index >= 15 is 0 Å². The monoisotopic (exact) mass is 286 g/mol. The molecule has 1 heterocycles. The topological polar surface area (TPSA) is 41.8 Å². The second-order valence-corrected chi connectivity index (χ2v) is 4.89. The molecule has 0 aliphatic carbocycles. The van der Waals surface area contributed by atoms with Crippen LogP contribution in [0.2, 0.25) is 0 Å². The van der Waals surface area contributed by atoms with Gasteiger partial charge in [0.2, 0.25) is 0 Å². The van der Waals surface area contributed by atoms with Gasteiger partial charge in [0.05, 0.1) is 0 Å². The van der Waals surface area contributed by atoms with Crippen LogP contribution in [0.3, 0.4) is 0 Å². The Morgan fingerprint density at radius 2 is 1.75 bits per heavy atom. The predicted octanol–water partition coefficient (Wildman–Crippen LogP) is 4.07. The Hall–Kier alpha value is -1.77. The van der Waals surface area contributed by atoms with Crippen LogP contribution in [0.1, 0.15) is 11.3 Å². The number of hydrogen-bond acceptors (Lipinski definition) is 1. The summed E-state index contributed by atoms with van der Waals surface area (Å²) in [5.74, 6) is 0. The number of aromatic nitrogens is 1. The lowest BCUT2D eigenvalue weighted by Gasteiger charge is -2.03. The molecule has 0 amide bonds. The zero-order chi connectivity index (χ0) is 13.2. The van der Waals surface area contributed by atoms with Gasteiger partial charge in [0.25, 0.3) is 0 Å². The van der Waals surface area contributed by atoms with Crippen molar-refractivity contribution in [2.45, 2.75) is 13.3 Å². The van der Waals surface area contributed by atoms with Crippen molar-refractivity contribution in [3.8, 4) is 11.1 Å². The standard InChI is InChI=1S/C17H18N2.ClH/c1-12-15(9-10-18)16-11-14(7-8-17(16)19-12)13-5-3-2-4-6-13;/h2-8,11,19H,9-10,18H2,1H3;1H. The molecule has 104 valence electrons. The van der Waals surface area contributed by atoms with Gasteiger partial charge in [-0.15, -0.1) is 12.4 Å². The molecule has 0 radical (unpaired) electrons. The van der Waals surface area contributed by atoms with E-state index in [0.29, 0.717) is 6.54 Å². The van der Waals surface area contributed by atoms with E-state index in [1.54, 1.807) is 0 Å². The summed E-state index contributed by atoms with van der Waals surface area (Å²) in [5.41, 5.74) is 12.0. The summed E-state index contributed by atoms with van der Waals surface area (Å²) < 4.78 is 0. The molecule has 20 heavy (non-hydrogen) atoms. The maximum Gasteiger partial charge on any atom is 0.0459 e. The first-order valence-electron chi connectivity index (χ1n) is 6.66. The molecule has 0 saturated heterocycles. The smallest absolute Gasteiger partial charge is 0.0459 e. The van der Waals surface area contributed by atoms with Gasteiger partial charge in [-0.3, -0.25) is 0 Å². The SMILES string of the molecule is Cc1[nH]c2ccc(-c3ccccc3)cc2c1CCN.Cl. The second-order valence-electron chi connectivity index (χ2n) is 4.89. The minimum Gasteiger partial charge on any atom is -0.358 e. The summed E-state index contributed by atoms with van der Waals surface area (Å²) in [4.78, 5) is 3.43. The third-order valence-electron chi connectivity index (χ3n) is 3.62. The number of aromatic amines is 1. The summed E-state index contributed by atoms with van der Waals surface area (Å²) in [6, 6.07) is 17.1. The minimum atomic E-state index is 0. The van der Waals surface area contributed by atoms with Crippen LogP contribution in [0, 0.1) is 6.92 Å². The Labute approximate surface area is 125 Å². The van der Waals surface area contributed by atoms with Gasteiger partial charge in [0.1, 0.15) is 0 Å². The molecule has 3 aromatic rings. The van der Waals surface area contributed by atoms with Gasteiger partial charge in [0.15, 0.2) is 0 Å². The molecular formula is C17H19ClN2. The Morgan fingerprint density at radius 3 is 2.45 bits per heavy atom. The molecule has 0 fully saturated rings. The van der Waals surface area contributed by atoms with E-state index in [2.05, 4.69) is 54.4 Å². The second kappa shape index (κ2) is 6.12. The molecule has 0 saturated carbocycles. The predicted molar refractivity (Wildman–Crippen MR) is 88.5 cm³/mol. The number of benzene rings is 2. The molecule has 0 aliphatic rings. The number of nitrogens with two attached hydrogens (primary N) is 1. The Bertz CT molecular complexity index is 702. The van der Waals surface area contributed by atoms with E-state index in [-0.39, 0.29) is 12.4 Å². The van der Waals surface area contributed by atoms with Gasteiger partial charge in [-0.2, -0.15) is 0 Å². The van der Waals surface area contributed by atoms with Crippen LogP contribution in [0.5, 0.6) is 0 Å². The lowest BCUT2D eigenvalue weighted by molar-refractivity contribution is 0.963. The van der Waals surface area contributed by atoms with Crippen molar-refractivity contribution in [3.05, 3.63) is 59.8 Å². The molecule has 3 rings (SSSR count). The lowest BCUT2D eigenvalue weighted by atomic mass is 10.0. The van der Waals surface area contributed by atoms with E-state index < -0.39 is 0 Å². The molecule has 2 aromatic carbocycles. The average Bonchev–Trinajstić information content (AvgIpc) is 2.76. The summed E-state index contributed by atoms with van der Waals surface area (Å²) in [5, 5.41) is 1.30. The highest BCUT2D eigenvalue weighted by molar-refractivity contribution is 5.89. The van der Waals surface area contributed by atoms with E-state index in [9.17, 15) is 0 Å². The van der Waals surface area contributed by atoms with E-state index in [1.807, 2.05) is 6.07 Å². The minimum absolute atomic E-state index is 0. The maximum absolute atomic E-state index is 5.71. The van der Waals surface area contributed by atoms with Gasteiger partial charge in [-0.1, -0.05) is 36.4 Å². The van der Waals surface area contributed by atoms with Crippen molar-refractivity contribution >= 4 is 23.3 Å². The highest BCUT2D eigenvalue weighted by Crippen LogP contribution is 2.28. The van der Waals surface area contributed by atoms with Crippen LogP contribution < -0.4 is 5.73 Å². The number of H-pyrrole nitrogens is 1. The van der Waals surface area contributed by atoms with Crippen molar-refractivity contribution in [3.63, 3.8) is 0 Å². The van der Waals surface area contributed by atoms with Crippen molar-refractivity contribution < 1.29 is 0 Å². The molecule has 2 nitrogen and oxygen atoms in total. The van der Waals surface area contributed by atoms with Crippen LogP contribution in [0.15, 0.2) is 48.5 Å². The Morgan fingerprint density at radius 1 is 1.00 bits per heavy atom. The Balaban J connectivity index is 0.00000147. The zero-order valence-corrected chi connectivity index (χ0v) is 12.3. The molecule has 1 aromatic heterocycles. The average molecular weight is 287 g/mol. The fraction of sp³-hybridized carbons (Fsp3) is 0.176. The normalized spacial score (nSPS) is 10.5. The number of rotatable bonds is 3. The van der Waals surface area contributed by atoms with Crippen LogP contribution in [-0.2, 0) is 6.42 Å². The summed E-state index contributed by atoms with van der Waals surface area (Å²) >= 11 is 0. The number of halogens is 1. The number of aryl methyl sites for hydroxylation is 1. The van der Waals surface area contributed by atoms with E-state index in [0.717, 1.165) is 6.42 Å². The number of nitrogens with one attached hydrogen (secondary N) is 1. The fourth-order valence-corrected chi connectivity index (χ4v) is 2.66. The largest absolute Gasteiger partial charge is 0.358 e. The molecule has 0 bridgehead atoms. The quantitative estimate of drug-likeness (QED) is 0.749. The van der Waals surface area contributed by atoms with Crippen molar-refractivity contribution in [1.82, 2.24) is 4.98 Å². The van der Waals surface area contributed by atoms with Gasteiger partial charge in [-0.25, -0.2) is 0 Å². The molecule has 0 unspecified atom stereocenters. The molecule has 3 heteroatoms. The summed E-state index contributed by atoms with van der Waals surface area (Å²) in [7, 11) is 0. The molecular weight excluding hydrogens is 268 g/mol. The summed E-state index contributed by atoms with van der Waals surface area (Å²) in [6.45, 7) is 2.80. The van der Waals surface area contributed by atoms with Gasteiger partial charge >= 0.3 is 0 Å². The third-order valence-corrected chi connectivity index (χ3v) is 3.62. The van der Waals surface area contributed by atoms with Crippen molar-refractivity contribution in [2.24, 2.45) is 5.73 Å². The van der Waals surface area contributed by atoms with E-state index in [1.165, 1.54) is 33.3 Å². The van der Waals surface area contributed by atoms with Crippen LogP contribution >= 0.6 is 12.4 Å². The Kier molecular flexibility index (Phi) is 4.48. The molecule has 0 aliphatic heterocycles.